The number of benzene rings is 1. The number of carboxylic acid groups (broad SMARTS) is 1. The highest BCUT2D eigenvalue weighted by Crippen LogP contribution is 2.17. The van der Waals surface area contributed by atoms with E-state index >= 15 is 0 Å². The van der Waals surface area contributed by atoms with Crippen LogP contribution in [0.3, 0.4) is 0 Å². The standard InChI is InChI=1S/C12H12FN3O3/c1-7(12(17)18)14-6-10-15-16-11(19-10)8-2-4-9(13)5-3-8/h2-5,7,14H,6H2,1H3,(H,17,18)/t7-/m0/s1. The highest BCUT2D eigenvalue weighted by molar-refractivity contribution is 5.72. The topological polar surface area (TPSA) is 88.3 Å². The molecule has 0 aliphatic carbocycles. The summed E-state index contributed by atoms with van der Waals surface area (Å²) >= 11 is 0. The Morgan fingerprint density at radius 1 is 1.42 bits per heavy atom. The van der Waals surface area contributed by atoms with E-state index in [9.17, 15) is 9.18 Å². The molecule has 2 N–H and O–H groups in total. The Balaban J connectivity index is 2.03. The second-order valence-electron chi connectivity index (χ2n) is 3.95. The molecular formula is C12H12FN3O3. The van der Waals surface area contributed by atoms with Crippen molar-refractivity contribution in [2.45, 2.75) is 19.5 Å². The summed E-state index contributed by atoms with van der Waals surface area (Å²) in [5.74, 6) is -0.772. The number of aromatic nitrogens is 2. The number of rotatable bonds is 5. The van der Waals surface area contributed by atoms with Crippen LogP contribution >= 0.6 is 0 Å². The minimum absolute atomic E-state index is 0.154. The van der Waals surface area contributed by atoms with Crippen molar-refractivity contribution in [3.05, 3.63) is 36.0 Å². The van der Waals surface area contributed by atoms with E-state index in [1.165, 1.54) is 31.2 Å². The number of hydrogen-bond donors (Lipinski definition) is 2. The summed E-state index contributed by atoms with van der Waals surface area (Å²) in [5, 5.41) is 19.0. The number of hydrogen-bond acceptors (Lipinski definition) is 5. The van der Waals surface area contributed by atoms with Crippen LogP contribution in [-0.2, 0) is 11.3 Å². The van der Waals surface area contributed by atoms with E-state index < -0.39 is 12.0 Å². The summed E-state index contributed by atoms with van der Waals surface area (Å²) in [6, 6.07) is 4.94. The van der Waals surface area contributed by atoms with Crippen molar-refractivity contribution in [2.75, 3.05) is 0 Å². The summed E-state index contributed by atoms with van der Waals surface area (Å²) < 4.78 is 18.1. The number of aliphatic carboxylic acids is 1. The SMILES string of the molecule is C[C@H](NCc1nnc(-c2ccc(F)cc2)o1)C(=O)O. The van der Waals surface area contributed by atoms with E-state index in [0.29, 0.717) is 5.56 Å². The third kappa shape index (κ3) is 3.35. The average molecular weight is 265 g/mol. The summed E-state index contributed by atoms with van der Waals surface area (Å²) in [4.78, 5) is 10.6. The van der Waals surface area contributed by atoms with E-state index in [2.05, 4.69) is 15.5 Å². The van der Waals surface area contributed by atoms with Crippen LogP contribution in [-0.4, -0.2) is 27.3 Å². The monoisotopic (exact) mass is 265 g/mol. The van der Waals surface area contributed by atoms with E-state index in [1.54, 1.807) is 0 Å². The van der Waals surface area contributed by atoms with Crippen molar-refractivity contribution in [3.63, 3.8) is 0 Å². The first-order valence-corrected chi connectivity index (χ1v) is 5.61. The van der Waals surface area contributed by atoms with Crippen LogP contribution in [0.25, 0.3) is 11.5 Å². The van der Waals surface area contributed by atoms with Crippen LogP contribution in [0, 0.1) is 5.82 Å². The van der Waals surface area contributed by atoms with Gasteiger partial charge in [0.2, 0.25) is 11.8 Å². The van der Waals surface area contributed by atoms with E-state index in [4.69, 9.17) is 9.52 Å². The molecule has 0 aliphatic rings. The molecule has 7 heteroatoms. The van der Waals surface area contributed by atoms with Crippen LogP contribution in [0.2, 0.25) is 0 Å². The maximum absolute atomic E-state index is 12.8. The highest BCUT2D eigenvalue weighted by Gasteiger charge is 2.13. The maximum Gasteiger partial charge on any atom is 0.320 e. The van der Waals surface area contributed by atoms with Gasteiger partial charge in [-0.2, -0.15) is 0 Å². The average Bonchev–Trinajstić information content (AvgIpc) is 2.85. The third-order valence-electron chi connectivity index (χ3n) is 2.49. The zero-order chi connectivity index (χ0) is 13.8. The highest BCUT2D eigenvalue weighted by atomic mass is 19.1. The number of nitrogens with zero attached hydrogens (tertiary/aromatic N) is 2. The van der Waals surface area contributed by atoms with E-state index in [1.807, 2.05) is 0 Å². The zero-order valence-electron chi connectivity index (χ0n) is 10.1. The lowest BCUT2D eigenvalue weighted by Gasteiger charge is -2.05. The second kappa shape index (κ2) is 5.57. The molecule has 2 rings (SSSR count). The lowest BCUT2D eigenvalue weighted by atomic mass is 10.2. The van der Waals surface area contributed by atoms with Crippen molar-refractivity contribution in [2.24, 2.45) is 0 Å². The quantitative estimate of drug-likeness (QED) is 0.850. The van der Waals surface area contributed by atoms with Gasteiger partial charge in [-0.3, -0.25) is 10.1 Å². The second-order valence-corrected chi connectivity index (χ2v) is 3.95. The lowest BCUT2D eigenvalue weighted by Crippen LogP contribution is -2.33. The molecule has 19 heavy (non-hydrogen) atoms. The van der Waals surface area contributed by atoms with Gasteiger partial charge >= 0.3 is 5.97 Å². The number of nitrogens with one attached hydrogen (secondary N) is 1. The Bertz CT molecular complexity index is 568. The largest absolute Gasteiger partial charge is 0.480 e. The Morgan fingerprint density at radius 2 is 2.11 bits per heavy atom. The van der Waals surface area contributed by atoms with E-state index in [-0.39, 0.29) is 24.1 Å². The Labute approximate surface area is 108 Å². The summed E-state index contributed by atoms with van der Waals surface area (Å²) in [7, 11) is 0. The molecule has 100 valence electrons. The fourth-order valence-electron chi connectivity index (χ4n) is 1.36. The molecule has 0 bridgehead atoms. The zero-order valence-corrected chi connectivity index (χ0v) is 10.1. The number of carbonyl (C=O) groups is 1. The molecule has 1 aromatic heterocycles. The van der Waals surface area contributed by atoms with Gasteiger partial charge in [0.1, 0.15) is 11.9 Å². The van der Waals surface area contributed by atoms with Gasteiger partial charge in [0.25, 0.3) is 0 Å². The van der Waals surface area contributed by atoms with Crippen molar-refractivity contribution < 1.29 is 18.7 Å². The first-order valence-electron chi connectivity index (χ1n) is 5.61. The van der Waals surface area contributed by atoms with E-state index in [0.717, 1.165) is 0 Å². The van der Waals surface area contributed by atoms with Gasteiger partial charge in [0.15, 0.2) is 0 Å². The van der Waals surface area contributed by atoms with Gasteiger partial charge in [-0.15, -0.1) is 10.2 Å². The van der Waals surface area contributed by atoms with Gasteiger partial charge in [-0.1, -0.05) is 0 Å². The van der Waals surface area contributed by atoms with Crippen molar-refractivity contribution in [3.8, 4) is 11.5 Å². The Kier molecular flexibility index (Phi) is 3.86. The molecule has 6 nitrogen and oxygen atoms in total. The minimum Gasteiger partial charge on any atom is -0.480 e. The van der Waals surface area contributed by atoms with Gasteiger partial charge in [0, 0.05) is 5.56 Å². The molecule has 0 aliphatic heterocycles. The molecule has 1 heterocycles. The fourth-order valence-corrected chi connectivity index (χ4v) is 1.36. The molecule has 0 amide bonds. The minimum atomic E-state index is -0.960. The summed E-state index contributed by atoms with van der Waals surface area (Å²) in [6.45, 7) is 1.67. The van der Waals surface area contributed by atoms with Crippen LogP contribution in [0.4, 0.5) is 4.39 Å². The summed E-state index contributed by atoms with van der Waals surface area (Å²) in [6.07, 6.45) is 0. The number of carboxylic acids is 1. The van der Waals surface area contributed by atoms with Crippen LogP contribution in [0.15, 0.2) is 28.7 Å². The predicted molar refractivity (Wildman–Crippen MR) is 63.6 cm³/mol. The molecule has 0 saturated carbocycles. The van der Waals surface area contributed by atoms with Crippen LogP contribution in [0.1, 0.15) is 12.8 Å². The van der Waals surface area contributed by atoms with Crippen LogP contribution < -0.4 is 5.32 Å². The van der Waals surface area contributed by atoms with Crippen LogP contribution in [0.5, 0.6) is 0 Å². The third-order valence-corrected chi connectivity index (χ3v) is 2.49. The van der Waals surface area contributed by atoms with Gasteiger partial charge < -0.3 is 9.52 Å². The molecular weight excluding hydrogens is 253 g/mol. The van der Waals surface area contributed by atoms with Crippen molar-refractivity contribution >= 4 is 5.97 Å². The normalized spacial score (nSPS) is 12.3. The van der Waals surface area contributed by atoms with Crippen molar-refractivity contribution in [1.29, 1.82) is 0 Å². The molecule has 0 saturated heterocycles. The Hall–Kier alpha value is -2.28. The van der Waals surface area contributed by atoms with Crippen molar-refractivity contribution in [1.82, 2.24) is 15.5 Å². The van der Waals surface area contributed by atoms with Gasteiger partial charge in [-0.05, 0) is 31.2 Å². The smallest absolute Gasteiger partial charge is 0.320 e. The molecule has 2 aromatic rings. The molecule has 0 fully saturated rings. The first-order chi connectivity index (χ1) is 9.06. The lowest BCUT2D eigenvalue weighted by molar-refractivity contribution is -0.139. The maximum atomic E-state index is 12.8. The summed E-state index contributed by atoms with van der Waals surface area (Å²) in [5.41, 5.74) is 0.603. The molecule has 0 radical (unpaired) electrons. The Morgan fingerprint density at radius 3 is 2.74 bits per heavy atom. The first kappa shape index (κ1) is 13.2. The molecule has 1 atom stereocenters. The molecule has 0 unspecified atom stereocenters. The van der Waals surface area contributed by atoms with Gasteiger partial charge in [0.05, 0.1) is 6.54 Å². The number of halogens is 1. The molecule has 0 spiro atoms. The predicted octanol–water partition coefficient (Wildman–Crippen LogP) is 1.44. The molecule has 1 aromatic carbocycles. The van der Waals surface area contributed by atoms with Gasteiger partial charge in [-0.25, -0.2) is 4.39 Å². The fraction of sp³-hybridized carbons (Fsp3) is 0.250.